The molecule has 0 radical (unpaired) electrons. The summed E-state index contributed by atoms with van der Waals surface area (Å²) in [6, 6.07) is 8.78. The van der Waals surface area contributed by atoms with Crippen LogP contribution in [0.1, 0.15) is 37.8 Å². The van der Waals surface area contributed by atoms with Crippen molar-refractivity contribution < 1.29 is 0 Å². The summed E-state index contributed by atoms with van der Waals surface area (Å²) in [5.41, 5.74) is 8.11. The second-order valence-electron chi connectivity index (χ2n) is 6.24. The number of hydrogen-bond donors (Lipinski definition) is 1. The van der Waals surface area contributed by atoms with Crippen molar-refractivity contribution in [1.82, 2.24) is 5.32 Å². The van der Waals surface area contributed by atoms with Crippen LogP contribution in [0.4, 0.5) is 0 Å². The third-order valence-electron chi connectivity index (χ3n) is 4.36. The number of allylic oxidation sites excluding steroid dienone is 5. The lowest BCUT2D eigenvalue weighted by molar-refractivity contribution is 0.730. The lowest BCUT2D eigenvalue weighted by Crippen LogP contribution is -2.20. The molecule has 0 aliphatic heterocycles. The molecule has 0 amide bonds. The molecule has 122 valence electrons. The summed E-state index contributed by atoms with van der Waals surface area (Å²) in [7, 11) is 0. The molecule has 1 aromatic carbocycles. The van der Waals surface area contributed by atoms with E-state index in [4.69, 9.17) is 0 Å². The van der Waals surface area contributed by atoms with Crippen molar-refractivity contribution >= 4 is 0 Å². The second-order valence-corrected chi connectivity index (χ2v) is 6.24. The van der Waals surface area contributed by atoms with E-state index in [-0.39, 0.29) is 0 Å². The van der Waals surface area contributed by atoms with Gasteiger partial charge in [-0.3, -0.25) is 0 Å². The Labute approximate surface area is 141 Å². The van der Waals surface area contributed by atoms with Crippen LogP contribution in [0.25, 0.3) is 0 Å². The number of rotatable bonds is 7. The van der Waals surface area contributed by atoms with Crippen LogP contribution in [0.15, 0.2) is 71.4 Å². The van der Waals surface area contributed by atoms with Crippen LogP contribution in [-0.4, -0.2) is 13.1 Å². The van der Waals surface area contributed by atoms with Gasteiger partial charge in [0.15, 0.2) is 0 Å². The highest BCUT2D eigenvalue weighted by Crippen LogP contribution is 2.32. The molecule has 0 saturated heterocycles. The van der Waals surface area contributed by atoms with Crippen LogP contribution in [0.2, 0.25) is 0 Å². The zero-order chi connectivity index (χ0) is 16.7. The van der Waals surface area contributed by atoms with Crippen molar-refractivity contribution in [3.63, 3.8) is 0 Å². The van der Waals surface area contributed by atoms with Gasteiger partial charge in [0.2, 0.25) is 0 Å². The Morgan fingerprint density at radius 3 is 2.65 bits per heavy atom. The van der Waals surface area contributed by atoms with Crippen LogP contribution in [0, 0.1) is 6.92 Å². The molecule has 2 rings (SSSR count). The normalized spacial score (nSPS) is 17.8. The second kappa shape index (κ2) is 8.69. The summed E-state index contributed by atoms with van der Waals surface area (Å²) in [5.74, 6) is 0. The zero-order valence-electron chi connectivity index (χ0n) is 14.8. The van der Waals surface area contributed by atoms with Crippen LogP contribution in [0.5, 0.6) is 0 Å². The highest BCUT2D eigenvalue weighted by molar-refractivity contribution is 5.55. The highest BCUT2D eigenvalue weighted by Gasteiger charge is 2.15. The molecule has 23 heavy (non-hydrogen) atoms. The molecule has 1 N–H and O–H groups in total. The molecule has 0 fully saturated rings. The molecule has 1 heteroatoms. The third kappa shape index (κ3) is 5.07. The van der Waals surface area contributed by atoms with Gasteiger partial charge in [0, 0.05) is 6.54 Å². The van der Waals surface area contributed by atoms with E-state index in [0.717, 1.165) is 32.4 Å². The Balaban J connectivity index is 1.80. The van der Waals surface area contributed by atoms with Crippen LogP contribution >= 0.6 is 0 Å². The lowest BCUT2D eigenvalue weighted by Gasteiger charge is -2.09. The minimum Gasteiger partial charge on any atom is -0.312 e. The highest BCUT2D eigenvalue weighted by atomic mass is 14.8. The molecule has 0 unspecified atom stereocenters. The fourth-order valence-electron chi connectivity index (χ4n) is 2.88. The molecule has 1 aliphatic rings. The maximum Gasteiger partial charge on any atom is 0.0202 e. The first-order valence-electron chi connectivity index (χ1n) is 8.64. The van der Waals surface area contributed by atoms with E-state index in [0.29, 0.717) is 0 Å². The molecule has 1 nitrogen and oxygen atoms in total. The Kier molecular flexibility index (Phi) is 6.61. The minimum atomic E-state index is 0.869. The average Bonchev–Trinajstić information content (AvgIpc) is 2.96. The maximum atomic E-state index is 4.27. The summed E-state index contributed by atoms with van der Waals surface area (Å²) in [6.45, 7) is 12.6. The fraction of sp³-hybridized carbons (Fsp3) is 0.364. The van der Waals surface area contributed by atoms with E-state index < -0.39 is 0 Å². The number of benzene rings is 1. The summed E-state index contributed by atoms with van der Waals surface area (Å²) in [4.78, 5) is 0. The Morgan fingerprint density at radius 1 is 1.26 bits per heavy atom. The summed E-state index contributed by atoms with van der Waals surface area (Å²) < 4.78 is 0. The Hall–Kier alpha value is -1.86. The van der Waals surface area contributed by atoms with E-state index in [1.165, 1.54) is 33.4 Å². The predicted molar refractivity (Wildman–Crippen MR) is 102 cm³/mol. The smallest absolute Gasteiger partial charge is 0.0202 e. The molecule has 0 atom stereocenters. The first-order valence-corrected chi connectivity index (χ1v) is 8.64. The van der Waals surface area contributed by atoms with Crippen molar-refractivity contribution in [3.05, 3.63) is 82.5 Å². The lowest BCUT2D eigenvalue weighted by atomic mass is 10.0. The number of aryl methyl sites for hydroxylation is 1. The molecule has 0 spiro atoms. The van der Waals surface area contributed by atoms with E-state index in [1.807, 2.05) is 0 Å². The zero-order valence-corrected chi connectivity index (χ0v) is 14.8. The Morgan fingerprint density at radius 2 is 2.00 bits per heavy atom. The van der Waals surface area contributed by atoms with E-state index in [2.05, 4.69) is 75.2 Å². The molecule has 1 aliphatic carbocycles. The van der Waals surface area contributed by atoms with Gasteiger partial charge >= 0.3 is 0 Å². The van der Waals surface area contributed by atoms with E-state index >= 15 is 0 Å². The summed E-state index contributed by atoms with van der Waals surface area (Å²) >= 11 is 0. The van der Waals surface area contributed by atoms with Gasteiger partial charge in [-0.25, -0.2) is 0 Å². The maximum absolute atomic E-state index is 4.27. The van der Waals surface area contributed by atoms with Crippen molar-refractivity contribution in [2.45, 2.75) is 40.0 Å². The first kappa shape index (κ1) is 17.5. The van der Waals surface area contributed by atoms with Gasteiger partial charge in [-0.05, 0) is 67.5 Å². The molecule has 0 aromatic heterocycles. The van der Waals surface area contributed by atoms with Gasteiger partial charge in [0.1, 0.15) is 0 Å². The van der Waals surface area contributed by atoms with Gasteiger partial charge in [-0.2, -0.15) is 0 Å². The topological polar surface area (TPSA) is 12.0 Å². The van der Waals surface area contributed by atoms with Crippen LogP contribution in [0.3, 0.4) is 0 Å². The monoisotopic (exact) mass is 307 g/mol. The van der Waals surface area contributed by atoms with E-state index in [9.17, 15) is 0 Å². The van der Waals surface area contributed by atoms with Crippen molar-refractivity contribution in [1.29, 1.82) is 0 Å². The molecule has 0 heterocycles. The van der Waals surface area contributed by atoms with Gasteiger partial charge in [-0.1, -0.05) is 61.6 Å². The molecule has 0 bridgehead atoms. The van der Waals surface area contributed by atoms with Crippen molar-refractivity contribution in [2.75, 3.05) is 13.1 Å². The molecular weight excluding hydrogens is 278 g/mol. The largest absolute Gasteiger partial charge is 0.312 e. The van der Waals surface area contributed by atoms with Gasteiger partial charge in [0.25, 0.3) is 0 Å². The van der Waals surface area contributed by atoms with Crippen LogP contribution in [-0.2, 0) is 6.42 Å². The third-order valence-corrected chi connectivity index (χ3v) is 4.36. The standard InChI is InChI=1S/C22H29N/c1-5-7-21-15-22(14-20(21)6-2)18(4)16-23-13-12-19-10-8-17(3)9-11-19/h6-11,15,23H,4-5,12-14,16H2,1-3H3. The summed E-state index contributed by atoms with van der Waals surface area (Å²) in [6.07, 6.45) is 10.0. The quantitative estimate of drug-likeness (QED) is 0.674. The van der Waals surface area contributed by atoms with Crippen molar-refractivity contribution in [3.8, 4) is 0 Å². The number of nitrogens with one attached hydrogen (secondary N) is 1. The first-order chi connectivity index (χ1) is 11.1. The molecular formula is C22H29N. The predicted octanol–water partition coefficient (Wildman–Crippen LogP) is 5.30. The fourth-order valence-corrected chi connectivity index (χ4v) is 2.88. The van der Waals surface area contributed by atoms with Gasteiger partial charge in [0.05, 0.1) is 0 Å². The number of hydrogen-bond acceptors (Lipinski definition) is 1. The van der Waals surface area contributed by atoms with Gasteiger partial charge < -0.3 is 5.32 Å². The van der Waals surface area contributed by atoms with Gasteiger partial charge in [-0.15, -0.1) is 0 Å². The average molecular weight is 307 g/mol. The minimum absolute atomic E-state index is 0.869. The SMILES string of the molecule is C=C(CNCCc1ccc(C)cc1)C1=CC(=CCC)C(=CC)C1. The van der Waals surface area contributed by atoms with Crippen LogP contribution < -0.4 is 5.32 Å². The Bertz CT molecular complexity index is 626. The van der Waals surface area contributed by atoms with E-state index in [1.54, 1.807) is 0 Å². The molecule has 1 aromatic rings. The molecule has 0 saturated carbocycles. The summed E-state index contributed by atoms with van der Waals surface area (Å²) in [5, 5.41) is 3.53. The van der Waals surface area contributed by atoms with Crippen molar-refractivity contribution in [2.24, 2.45) is 0 Å².